The molecule has 1 aromatic carbocycles. The average Bonchev–Trinajstić information content (AvgIpc) is 3.16. The van der Waals surface area contributed by atoms with Gasteiger partial charge in [0.2, 0.25) is 11.8 Å². The van der Waals surface area contributed by atoms with Gasteiger partial charge >= 0.3 is 0 Å². The standard InChI is InChI=1S/C25H34N2O4/c1-3-30-22-17-21-15-18(2)31-23(21)16-20(22)7-8-24(28)26-13-9-19(10-14-26)25(29)27-11-5-4-6-12-27/h7-8,16-19H,3-6,9-15H2,1-2H3. The average molecular weight is 427 g/mol. The molecular weight excluding hydrogens is 392 g/mol. The first-order valence-corrected chi connectivity index (χ1v) is 11.8. The van der Waals surface area contributed by atoms with Gasteiger partial charge in [-0.15, -0.1) is 0 Å². The number of fused-ring (bicyclic) bond motifs is 1. The zero-order valence-corrected chi connectivity index (χ0v) is 18.8. The fraction of sp³-hybridized carbons (Fsp3) is 0.600. The highest BCUT2D eigenvalue weighted by atomic mass is 16.5. The lowest BCUT2D eigenvalue weighted by atomic mass is 9.94. The van der Waals surface area contributed by atoms with Gasteiger partial charge in [0.25, 0.3) is 0 Å². The summed E-state index contributed by atoms with van der Waals surface area (Å²) in [4.78, 5) is 29.4. The Bertz CT molecular complexity index is 836. The zero-order chi connectivity index (χ0) is 21.8. The number of benzene rings is 1. The molecule has 168 valence electrons. The quantitative estimate of drug-likeness (QED) is 0.674. The number of hydrogen-bond donors (Lipinski definition) is 0. The number of amides is 2. The van der Waals surface area contributed by atoms with Gasteiger partial charge in [-0.3, -0.25) is 9.59 Å². The largest absolute Gasteiger partial charge is 0.493 e. The molecule has 2 fully saturated rings. The van der Waals surface area contributed by atoms with Gasteiger partial charge in [-0.1, -0.05) is 0 Å². The van der Waals surface area contributed by atoms with Crippen molar-refractivity contribution in [3.63, 3.8) is 0 Å². The van der Waals surface area contributed by atoms with Crippen LogP contribution in [0.2, 0.25) is 0 Å². The Morgan fingerprint density at radius 1 is 1.10 bits per heavy atom. The smallest absolute Gasteiger partial charge is 0.246 e. The monoisotopic (exact) mass is 426 g/mol. The van der Waals surface area contributed by atoms with Crippen LogP contribution in [0.1, 0.15) is 57.1 Å². The van der Waals surface area contributed by atoms with Crippen molar-refractivity contribution in [3.8, 4) is 11.5 Å². The minimum atomic E-state index is -0.0129. The van der Waals surface area contributed by atoms with Crippen molar-refractivity contribution in [1.29, 1.82) is 0 Å². The van der Waals surface area contributed by atoms with Crippen LogP contribution < -0.4 is 9.47 Å². The summed E-state index contributed by atoms with van der Waals surface area (Å²) < 4.78 is 11.7. The summed E-state index contributed by atoms with van der Waals surface area (Å²) in [5, 5.41) is 0. The molecule has 6 heteroatoms. The van der Waals surface area contributed by atoms with Crippen LogP contribution in [0.4, 0.5) is 0 Å². The first-order valence-electron chi connectivity index (χ1n) is 11.8. The summed E-state index contributed by atoms with van der Waals surface area (Å²) in [6.07, 6.45) is 9.45. The number of carbonyl (C=O) groups excluding carboxylic acids is 2. The van der Waals surface area contributed by atoms with Crippen LogP contribution in [0.25, 0.3) is 6.08 Å². The van der Waals surface area contributed by atoms with E-state index in [-0.39, 0.29) is 23.8 Å². The van der Waals surface area contributed by atoms with Gasteiger partial charge in [-0.2, -0.15) is 0 Å². The normalized spacial score (nSPS) is 21.8. The molecule has 31 heavy (non-hydrogen) atoms. The van der Waals surface area contributed by atoms with Gasteiger partial charge in [0.05, 0.1) is 6.61 Å². The SMILES string of the molecule is CCOc1cc2c(cc1C=CC(=O)N1CCC(C(=O)N3CCCCC3)CC1)OC(C)C2. The van der Waals surface area contributed by atoms with Gasteiger partial charge in [-0.25, -0.2) is 0 Å². The molecule has 0 aromatic heterocycles. The molecule has 3 aliphatic heterocycles. The first-order chi connectivity index (χ1) is 15.0. The highest BCUT2D eigenvalue weighted by Crippen LogP contribution is 2.35. The maximum atomic E-state index is 12.8. The van der Waals surface area contributed by atoms with Gasteiger partial charge < -0.3 is 19.3 Å². The van der Waals surface area contributed by atoms with Crippen molar-refractivity contribution in [2.45, 2.75) is 58.5 Å². The first kappa shape index (κ1) is 21.7. The van der Waals surface area contributed by atoms with E-state index < -0.39 is 0 Å². The Morgan fingerprint density at radius 3 is 2.55 bits per heavy atom. The van der Waals surface area contributed by atoms with Crippen LogP contribution >= 0.6 is 0 Å². The lowest BCUT2D eigenvalue weighted by Crippen LogP contribution is -2.45. The fourth-order valence-corrected chi connectivity index (χ4v) is 4.85. The van der Waals surface area contributed by atoms with E-state index in [1.165, 1.54) is 6.42 Å². The number of nitrogens with zero attached hydrogens (tertiary/aromatic N) is 2. The van der Waals surface area contributed by atoms with Crippen molar-refractivity contribution < 1.29 is 19.1 Å². The van der Waals surface area contributed by atoms with Crippen LogP contribution in [-0.2, 0) is 16.0 Å². The second-order valence-electron chi connectivity index (χ2n) is 8.88. The third-order valence-electron chi connectivity index (χ3n) is 6.56. The number of rotatable bonds is 5. The molecule has 1 atom stereocenters. The third kappa shape index (κ3) is 5.05. The number of piperidine rings is 2. The topological polar surface area (TPSA) is 59.1 Å². The molecule has 0 spiro atoms. The summed E-state index contributed by atoms with van der Waals surface area (Å²) in [6, 6.07) is 4.00. The molecule has 0 aliphatic carbocycles. The van der Waals surface area contributed by atoms with E-state index in [9.17, 15) is 9.59 Å². The third-order valence-corrected chi connectivity index (χ3v) is 6.56. The van der Waals surface area contributed by atoms with Gasteiger partial charge in [-0.05, 0) is 64.2 Å². The predicted molar refractivity (Wildman–Crippen MR) is 120 cm³/mol. The molecule has 1 unspecified atom stereocenters. The predicted octanol–water partition coefficient (Wildman–Crippen LogP) is 3.67. The van der Waals surface area contributed by atoms with Crippen LogP contribution in [-0.4, -0.2) is 60.5 Å². The minimum absolute atomic E-state index is 0.0129. The molecule has 0 radical (unpaired) electrons. The number of carbonyl (C=O) groups is 2. The second kappa shape index (κ2) is 9.75. The molecular formula is C25H34N2O4. The van der Waals surface area contributed by atoms with E-state index in [4.69, 9.17) is 9.47 Å². The second-order valence-corrected chi connectivity index (χ2v) is 8.88. The van der Waals surface area contributed by atoms with E-state index in [0.29, 0.717) is 19.7 Å². The lowest BCUT2D eigenvalue weighted by molar-refractivity contribution is -0.140. The molecule has 0 N–H and O–H groups in total. The van der Waals surface area contributed by atoms with Crippen molar-refractivity contribution in [2.75, 3.05) is 32.8 Å². The fourth-order valence-electron chi connectivity index (χ4n) is 4.85. The van der Waals surface area contributed by atoms with Crippen LogP contribution in [0.3, 0.4) is 0 Å². The number of hydrogen-bond acceptors (Lipinski definition) is 4. The van der Waals surface area contributed by atoms with Crippen molar-refractivity contribution in [2.24, 2.45) is 5.92 Å². The molecule has 3 aliphatic rings. The Hall–Kier alpha value is -2.50. The van der Waals surface area contributed by atoms with Gasteiger partial charge in [0, 0.05) is 55.7 Å². The van der Waals surface area contributed by atoms with E-state index in [0.717, 1.165) is 67.8 Å². The maximum absolute atomic E-state index is 12.8. The number of ether oxygens (including phenoxy) is 2. The number of likely N-dealkylation sites (tertiary alicyclic amines) is 2. The minimum Gasteiger partial charge on any atom is -0.493 e. The van der Waals surface area contributed by atoms with E-state index >= 15 is 0 Å². The van der Waals surface area contributed by atoms with Gasteiger partial charge in [0.15, 0.2) is 0 Å². The van der Waals surface area contributed by atoms with Crippen molar-refractivity contribution in [1.82, 2.24) is 9.80 Å². The Balaban J connectivity index is 1.36. The van der Waals surface area contributed by atoms with E-state index in [1.54, 1.807) is 6.08 Å². The molecule has 2 saturated heterocycles. The summed E-state index contributed by atoms with van der Waals surface area (Å²) in [5.41, 5.74) is 2.01. The van der Waals surface area contributed by atoms with Gasteiger partial charge in [0.1, 0.15) is 17.6 Å². The molecule has 2 amide bonds. The van der Waals surface area contributed by atoms with Crippen LogP contribution in [0.15, 0.2) is 18.2 Å². The highest BCUT2D eigenvalue weighted by molar-refractivity contribution is 5.92. The molecule has 6 nitrogen and oxygen atoms in total. The van der Waals surface area contributed by atoms with E-state index in [1.807, 2.05) is 34.9 Å². The van der Waals surface area contributed by atoms with E-state index in [2.05, 4.69) is 6.92 Å². The maximum Gasteiger partial charge on any atom is 0.246 e. The molecule has 0 bridgehead atoms. The summed E-state index contributed by atoms with van der Waals surface area (Å²) >= 11 is 0. The summed E-state index contributed by atoms with van der Waals surface area (Å²) in [6.45, 7) is 7.65. The molecule has 3 heterocycles. The lowest BCUT2D eigenvalue weighted by Gasteiger charge is -2.35. The van der Waals surface area contributed by atoms with Crippen molar-refractivity contribution >= 4 is 17.9 Å². The van der Waals surface area contributed by atoms with Crippen LogP contribution in [0.5, 0.6) is 11.5 Å². The molecule has 4 rings (SSSR count). The van der Waals surface area contributed by atoms with Crippen LogP contribution in [0, 0.1) is 5.92 Å². The summed E-state index contributed by atoms with van der Waals surface area (Å²) in [7, 11) is 0. The molecule has 0 saturated carbocycles. The molecule has 1 aromatic rings. The Labute approximate surface area is 185 Å². The summed E-state index contributed by atoms with van der Waals surface area (Å²) in [5.74, 6) is 2.00. The van der Waals surface area contributed by atoms with Crippen molar-refractivity contribution in [3.05, 3.63) is 29.3 Å². The zero-order valence-electron chi connectivity index (χ0n) is 18.8. The Kier molecular flexibility index (Phi) is 6.83. The Morgan fingerprint density at radius 2 is 1.84 bits per heavy atom. The highest BCUT2D eigenvalue weighted by Gasteiger charge is 2.30.